The number of benzene rings is 1. The molecule has 3 rings (SSSR count). The lowest BCUT2D eigenvalue weighted by Gasteiger charge is -2.34. The van der Waals surface area contributed by atoms with E-state index < -0.39 is 0 Å². The Hall–Kier alpha value is -2.77. The molecular weight excluding hydrogens is 284 g/mol. The van der Waals surface area contributed by atoms with Crippen LogP contribution in [0.4, 0.5) is 0 Å². The molecule has 1 aromatic heterocycles. The van der Waals surface area contributed by atoms with Crippen LogP contribution in [0.5, 0.6) is 0 Å². The molecule has 0 saturated carbocycles. The van der Waals surface area contributed by atoms with Crippen molar-refractivity contribution in [1.82, 2.24) is 30.0 Å². The van der Waals surface area contributed by atoms with E-state index in [1.54, 1.807) is 21.9 Å². The Morgan fingerprint density at radius 3 is 2.32 bits per heavy atom. The zero-order chi connectivity index (χ0) is 15.4. The van der Waals surface area contributed by atoms with E-state index >= 15 is 0 Å². The first kappa shape index (κ1) is 14.2. The summed E-state index contributed by atoms with van der Waals surface area (Å²) in [5, 5.41) is 10.7. The Morgan fingerprint density at radius 1 is 1.00 bits per heavy atom. The molecule has 0 aliphatic carbocycles. The van der Waals surface area contributed by atoms with Crippen molar-refractivity contribution in [1.29, 1.82) is 0 Å². The molecule has 2 heterocycles. The van der Waals surface area contributed by atoms with Crippen LogP contribution in [0.2, 0.25) is 0 Å². The molecule has 0 unspecified atom stereocenters. The SMILES string of the molecule is O=C(Cn1cnnn1)N1CCN(C(=O)c2ccccc2)CC1. The van der Waals surface area contributed by atoms with Crippen molar-refractivity contribution in [2.45, 2.75) is 6.54 Å². The van der Waals surface area contributed by atoms with Crippen LogP contribution in [0.15, 0.2) is 36.7 Å². The first-order valence-corrected chi connectivity index (χ1v) is 7.07. The summed E-state index contributed by atoms with van der Waals surface area (Å²) in [5.41, 5.74) is 0.677. The van der Waals surface area contributed by atoms with Crippen molar-refractivity contribution in [2.75, 3.05) is 26.2 Å². The Labute approximate surface area is 127 Å². The zero-order valence-electron chi connectivity index (χ0n) is 12.0. The van der Waals surface area contributed by atoms with Crippen LogP contribution < -0.4 is 0 Å². The van der Waals surface area contributed by atoms with Gasteiger partial charge in [0.2, 0.25) is 5.91 Å². The highest BCUT2D eigenvalue weighted by atomic mass is 16.2. The van der Waals surface area contributed by atoms with Crippen LogP contribution in [0, 0.1) is 0 Å². The van der Waals surface area contributed by atoms with Gasteiger partial charge in [-0.1, -0.05) is 18.2 Å². The molecule has 1 fully saturated rings. The largest absolute Gasteiger partial charge is 0.338 e. The average Bonchev–Trinajstić information content (AvgIpc) is 3.08. The predicted octanol–water partition coefficient (Wildman–Crippen LogP) is -0.342. The van der Waals surface area contributed by atoms with Crippen molar-refractivity contribution >= 4 is 11.8 Å². The lowest BCUT2D eigenvalue weighted by Crippen LogP contribution is -2.51. The topological polar surface area (TPSA) is 84.2 Å². The number of hydrogen-bond donors (Lipinski definition) is 0. The van der Waals surface area contributed by atoms with Gasteiger partial charge in [0.15, 0.2) is 0 Å². The van der Waals surface area contributed by atoms with Gasteiger partial charge in [0.1, 0.15) is 12.9 Å². The van der Waals surface area contributed by atoms with E-state index in [0.717, 1.165) is 0 Å². The fourth-order valence-electron chi connectivity index (χ4n) is 2.41. The third-order valence-electron chi connectivity index (χ3n) is 3.63. The van der Waals surface area contributed by atoms with Gasteiger partial charge in [0, 0.05) is 31.7 Å². The number of aromatic nitrogens is 4. The molecule has 1 aromatic carbocycles. The van der Waals surface area contributed by atoms with Gasteiger partial charge in [-0.25, -0.2) is 4.68 Å². The summed E-state index contributed by atoms with van der Waals surface area (Å²) in [4.78, 5) is 27.9. The first-order valence-electron chi connectivity index (χ1n) is 7.07. The van der Waals surface area contributed by atoms with Gasteiger partial charge >= 0.3 is 0 Å². The number of piperazine rings is 1. The van der Waals surface area contributed by atoms with Crippen LogP contribution in [0.25, 0.3) is 0 Å². The molecule has 1 saturated heterocycles. The summed E-state index contributed by atoms with van der Waals surface area (Å²) in [6, 6.07) is 9.18. The minimum absolute atomic E-state index is 0.00757. The molecule has 0 N–H and O–H groups in total. The van der Waals surface area contributed by atoms with Gasteiger partial charge in [-0.15, -0.1) is 5.10 Å². The van der Waals surface area contributed by atoms with Crippen molar-refractivity contribution in [2.24, 2.45) is 0 Å². The van der Waals surface area contributed by atoms with Crippen molar-refractivity contribution < 1.29 is 9.59 Å². The van der Waals surface area contributed by atoms with E-state index in [2.05, 4.69) is 15.5 Å². The molecule has 0 bridgehead atoms. The minimum Gasteiger partial charge on any atom is -0.338 e. The van der Waals surface area contributed by atoms with E-state index in [1.807, 2.05) is 18.2 Å². The summed E-state index contributed by atoms with van der Waals surface area (Å²) in [5.74, 6) is -0.0349. The number of rotatable bonds is 3. The second-order valence-electron chi connectivity index (χ2n) is 5.05. The van der Waals surface area contributed by atoms with E-state index in [0.29, 0.717) is 31.7 Å². The second kappa shape index (κ2) is 6.33. The van der Waals surface area contributed by atoms with Crippen LogP contribution in [-0.4, -0.2) is 68.0 Å². The number of carbonyl (C=O) groups excluding carboxylic acids is 2. The normalized spacial score (nSPS) is 14.9. The number of amides is 2. The molecule has 22 heavy (non-hydrogen) atoms. The summed E-state index contributed by atoms with van der Waals surface area (Å²) >= 11 is 0. The molecule has 0 radical (unpaired) electrons. The van der Waals surface area contributed by atoms with Crippen molar-refractivity contribution in [3.63, 3.8) is 0 Å². The molecule has 0 atom stereocenters. The Balaban J connectivity index is 1.54. The van der Waals surface area contributed by atoms with Gasteiger partial charge in [-0.2, -0.15) is 0 Å². The highest BCUT2D eigenvalue weighted by molar-refractivity contribution is 5.94. The van der Waals surface area contributed by atoms with E-state index in [1.165, 1.54) is 11.0 Å². The standard InChI is InChI=1S/C14H16N6O2/c21-13(10-20-11-15-16-17-20)18-6-8-19(9-7-18)14(22)12-4-2-1-3-5-12/h1-5,11H,6-10H2. The fraction of sp³-hybridized carbons (Fsp3) is 0.357. The number of carbonyl (C=O) groups is 2. The summed E-state index contributed by atoms with van der Waals surface area (Å²) in [6.45, 7) is 2.25. The third kappa shape index (κ3) is 3.11. The Bertz CT molecular complexity index is 635. The Kier molecular flexibility index (Phi) is 4.08. The average molecular weight is 300 g/mol. The van der Waals surface area contributed by atoms with Gasteiger partial charge in [-0.3, -0.25) is 9.59 Å². The fourth-order valence-corrected chi connectivity index (χ4v) is 2.41. The molecule has 1 aliphatic heterocycles. The zero-order valence-corrected chi connectivity index (χ0v) is 12.0. The number of tetrazole rings is 1. The molecule has 2 aromatic rings. The lowest BCUT2D eigenvalue weighted by molar-refractivity contribution is -0.133. The molecule has 0 spiro atoms. The second-order valence-corrected chi connectivity index (χ2v) is 5.05. The highest BCUT2D eigenvalue weighted by Gasteiger charge is 2.24. The van der Waals surface area contributed by atoms with Crippen LogP contribution in [-0.2, 0) is 11.3 Å². The van der Waals surface area contributed by atoms with Gasteiger partial charge in [0.25, 0.3) is 5.91 Å². The molecular formula is C14H16N6O2. The molecule has 2 amide bonds. The third-order valence-corrected chi connectivity index (χ3v) is 3.63. The van der Waals surface area contributed by atoms with E-state index in [4.69, 9.17) is 0 Å². The van der Waals surface area contributed by atoms with Crippen LogP contribution in [0.1, 0.15) is 10.4 Å². The smallest absolute Gasteiger partial charge is 0.253 e. The molecule has 8 heteroatoms. The lowest BCUT2D eigenvalue weighted by atomic mass is 10.2. The first-order chi connectivity index (χ1) is 10.7. The van der Waals surface area contributed by atoms with Crippen molar-refractivity contribution in [3.05, 3.63) is 42.2 Å². The molecule has 1 aliphatic rings. The summed E-state index contributed by atoms with van der Waals surface area (Å²) in [6.07, 6.45) is 1.41. The maximum atomic E-state index is 12.3. The predicted molar refractivity (Wildman–Crippen MR) is 76.7 cm³/mol. The number of hydrogen-bond acceptors (Lipinski definition) is 5. The number of nitrogens with zero attached hydrogens (tertiary/aromatic N) is 6. The maximum absolute atomic E-state index is 12.3. The van der Waals surface area contributed by atoms with Crippen LogP contribution in [0.3, 0.4) is 0 Å². The monoisotopic (exact) mass is 300 g/mol. The highest BCUT2D eigenvalue weighted by Crippen LogP contribution is 2.09. The van der Waals surface area contributed by atoms with E-state index in [-0.39, 0.29) is 18.4 Å². The quantitative estimate of drug-likeness (QED) is 0.774. The maximum Gasteiger partial charge on any atom is 0.253 e. The van der Waals surface area contributed by atoms with Gasteiger partial charge in [-0.05, 0) is 22.6 Å². The van der Waals surface area contributed by atoms with Crippen molar-refractivity contribution in [3.8, 4) is 0 Å². The van der Waals surface area contributed by atoms with Gasteiger partial charge in [0.05, 0.1) is 0 Å². The van der Waals surface area contributed by atoms with E-state index in [9.17, 15) is 9.59 Å². The summed E-state index contributed by atoms with van der Waals surface area (Å²) in [7, 11) is 0. The summed E-state index contributed by atoms with van der Waals surface area (Å²) < 4.78 is 1.39. The Morgan fingerprint density at radius 2 is 1.68 bits per heavy atom. The molecule has 114 valence electrons. The van der Waals surface area contributed by atoms with Gasteiger partial charge < -0.3 is 9.80 Å². The van der Waals surface area contributed by atoms with Crippen LogP contribution >= 0.6 is 0 Å². The molecule has 8 nitrogen and oxygen atoms in total. The minimum atomic E-state index is -0.0425.